The predicted molar refractivity (Wildman–Crippen MR) is 99.4 cm³/mol. The summed E-state index contributed by atoms with van der Waals surface area (Å²) in [4.78, 5) is 17.0. The van der Waals surface area contributed by atoms with E-state index < -0.39 is 0 Å². The number of nitrogens with zero attached hydrogens (tertiary/aromatic N) is 2. The van der Waals surface area contributed by atoms with Gasteiger partial charge in [-0.05, 0) is 35.9 Å². The number of rotatable bonds is 4. The van der Waals surface area contributed by atoms with Crippen molar-refractivity contribution in [1.82, 2.24) is 9.38 Å². The van der Waals surface area contributed by atoms with Crippen LogP contribution in [0.1, 0.15) is 5.56 Å². The molecular weight excluding hydrogens is 329 g/mol. The third-order valence-electron chi connectivity index (χ3n) is 4.12. The topological polar surface area (TPSA) is 46.4 Å². The molecule has 0 fully saturated rings. The molecule has 1 amide bonds. The van der Waals surface area contributed by atoms with E-state index in [2.05, 4.69) is 10.3 Å². The van der Waals surface area contributed by atoms with Gasteiger partial charge in [0, 0.05) is 18.0 Å². The zero-order valence-electron chi connectivity index (χ0n) is 13.9. The maximum atomic E-state index is 13.0. The summed E-state index contributed by atoms with van der Waals surface area (Å²) >= 11 is 0. The van der Waals surface area contributed by atoms with Crippen LogP contribution in [0.5, 0.6) is 0 Å². The Morgan fingerprint density at radius 2 is 1.77 bits per heavy atom. The summed E-state index contributed by atoms with van der Waals surface area (Å²) < 4.78 is 14.9. The number of hydrogen-bond acceptors (Lipinski definition) is 2. The van der Waals surface area contributed by atoms with Gasteiger partial charge in [0.2, 0.25) is 5.91 Å². The third kappa shape index (κ3) is 3.32. The maximum Gasteiger partial charge on any atom is 0.228 e. The van der Waals surface area contributed by atoms with E-state index in [4.69, 9.17) is 0 Å². The monoisotopic (exact) mass is 345 g/mol. The van der Waals surface area contributed by atoms with Crippen molar-refractivity contribution in [3.05, 3.63) is 90.5 Å². The molecule has 128 valence electrons. The second-order valence-corrected chi connectivity index (χ2v) is 5.99. The van der Waals surface area contributed by atoms with Gasteiger partial charge in [0.05, 0.1) is 17.8 Å². The largest absolute Gasteiger partial charge is 0.325 e. The number of aromatic nitrogens is 2. The number of fused-ring (bicyclic) bond motifs is 1. The number of anilines is 1. The van der Waals surface area contributed by atoms with E-state index in [-0.39, 0.29) is 18.1 Å². The van der Waals surface area contributed by atoms with Crippen LogP contribution in [0.2, 0.25) is 0 Å². The Morgan fingerprint density at radius 3 is 2.58 bits per heavy atom. The molecule has 26 heavy (non-hydrogen) atoms. The zero-order chi connectivity index (χ0) is 17.9. The van der Waals surface area contributed by atoms with E-state index in [1.54, 1.807) is 12.1 Å². The van der Waals surface area contributed by atoms with Crippen molar-refractivity contribution < 1.29 is 9.18 Å². The van der Waals surface area contributed by atoms with E-state index in [9.17, 15) is 9.18 Å². The SMILES string of the molecule is O=C(Cc1ccc(F)cc1)Nc1ccccc1-c1cn2ccccc2n1. The van der Waals surface area contributed by atoms with E-state index in [0.29, 0.717) is 5.69 Å². The van der Waals surface area contributed by atoms with Gasteiger partial charge in [0.25, 0.3) is 0 Å². The Bertz CT molecular complexity index is 1040. The number of nitrogens with one attached hydrogen (secondary N) is 1. The molecule has 0 aliphatic carbocycles. The van der Waals surface area contributed by atoms with Crippen LogP contribution < -0.4 is 5.32 Å². The summed E-state index contributed by atoms with van der Waals surface area (Å²) in [6.07, 6.45) is 4.04. The lowest BCUT2D eigenvalue weighted by molar-refractivity contribution is -0.115. The number of carbonyl (C=O) groups excluding carboxylic acids is 1. The van der Waals surface area contributed by atoms with Crippen molar-refractivity contribution in [3.8, 4) is 11.3 Å². The molecule has 1 N–H and O–H groups in total. The molecule has 0 saturated carbocycles. The van der Waals surface area contributed by atoms with Crippen molar-refractivity contribution in [2.24, 2.45) is 0 Å². The molecule has 0 radical (unpaired) electrons. The van der Waals surface area contributed by atoms with Gasteiger partial charge in [-0.3, -0.25) is 4.79 Å². The fourth-order valence-electron chi connectivity index (χ4n) is 2.86. The number of hydrogen-bond donors (Lipinski definition) is 1. The molecule has 4 rings (SSSR count). The minimum absolute atomic E-state index is 0.159. The number of pyridine rings is 1. The van der Waals surface area contributed by atoms with Gasteiger partial charge in [-0.15, -0.1) is 0 Å². The molecule has 0 unspecified atom stereocenters. The molecule has 0 spiro atoms. The molecule has 0 aliphatic rings. The first kappa shape index (κ1) is 16.0. The van der Waals surface area contributed by atoms with Gasteiger partial charge in [-0.1, -0.05) is 36.4 Å². The van der Waals surface area contributed by atoms with Crippen molar-refractivity contribution in [3.63, 3.8) is 0 Å². The molecule has 4 aromatic rings. The normalized spacial score (nSPS) is 10.8. The van der Waals surface area contributed by atoms with Crippen LogP contribution in [0.25, 0.3) is 16.9 Å². The van der Waals surface area contributed by atoms with Crippen LogP contribution in [0, 0.1) is 5.82 Å². The van der Waals surface area contributed by atoms with Gasteiger partial charge in [0.15, 0.2) is 0 Å². The lowest BCUT2D eigenvalue weighted by Gasteiger charge is -2.09. The van der Waals surface area contributed by atoms with E-state index in [1.807, 2.05) is 59.3 Å². The highest BCUT2D eigenvalue weighted by atomic mass is 19.1. The molecular formula is C21H16FN3O. The second-order valence-electron chi connectivity index (χ2n) is 5.99. The van der Waals surface area contributed by atoms with Gasteiger partial charge in [-0.2, -0.15) is 0 Å². The summed E-state index contributed by atoms with van der Waals surface area (Å²) in [5.41, 5.74) is 3.93. The molecule has 0 atom stereocenters. The molecule has 0 saturated heterocycles. The smallest absolute Gasteiger partial charge is 0.228 e. The lowest BCUT2D eigenvalue weighted by atomic mass is 10.1. The Hall–Kier alpha value is -3.47. The average molecular weight is 345 g/mol. The first-order chi connectivity index (χ1) is 12.7. The summed E-state index contributed by atoms with van der Waals surface area (Å²) in [6.45, 7) is 0. The van der Waals surface area contributed by atoms with Crippen molar-refractivity contribution >= 4 is 17.2 Å². The first-order valence-electron chi connectivity index (χ1n) is 8.26. The predicted octanol–water partition coefficient (Wildman–Crippen LogP) is 4.32. The molecule has 0 bridgehead atoms. The Labute approximate surface area is 149 Å². The number of carbonyl (C=O) groups is 1. The highest BCUT2D eigenvalue weighted by molar-refractivity contribution is 5.96. The minimum Gasteiger partial charge on any atom is -0.325 e. The number of benzene rings is 2. The molecule has 2 aromatic carbocycles. The van der Waals surface area contributed by atoms with Crippen molar-refractivity contribution in [2.45, 2.75) is 6.42 Å². The minimum atomic E-state index is -0.314. The van der Waals surface area contributed by atoms with Crippen LogP contribution in [0.4, 0.5) is 10.1 Å². The Morgan fingerprint density at radius 1 is 1.00 bits per heavy atom. The van der Waals surface area contributed by atoms with Gasteiger partial charge >= 0.3 is 0 Å². The summed E-state index contributed by atoms with van der Waals surface area (Å²) in [7, 11) is 0. The van der Waals surface area contributed by atoms with Crippen molar-refractivity contribution in [2.75, 3.05) is 5.32 Å². The maximum absolute atomic E-state index is 13.0. The highest BCUT2D eigenvalue weighted by Gasteiger charge is 2.11. The van der Waals surface area contributed by atoms with E-state index >= 15 is 0 Å². The third-order valence-corrected chi connectivity index (χ3v) is 4.12. The molecule has 2 heterocycles. The van der Waals surface area contributed by atoms with Gasteiger partial charge < -0.3 is 9.72 Å². The molecule has 0 aliphatic heterocycles. The average Bonchev–Trinajstić information content (AvgIpc) is 3.08. The van der Waals surface area contributed by atoms with Crippen molar-refractivity contribution in [1.29, 1.82) is 0 Å². The number of imidazole rings is 1. The number of amides is 1. The van der Waals surface area contributed by atoms with E-state index in [0.717, 1.165) is 22.5 Å². The fraction of sp³-hybridized carbons (Fsp3) is 0.0476. The second kappa shape index (κ2) is 6.80. The van der Waals surface area contributed by atoms with Gasteiger partial charge in [-0.25, -0.2) is 9.37 Å². The number of halogens is 1. The number of para-hydroxylation sites is 1. The van der Waals surface area contributed by atoms with Gasteiger partial charge in [0.1, 0.15) is 11.5 Å². The Kier molecular flexibility index (Phi) is 4.19. The van der Waals surface area contributed by atoms with Crippen LogP contribution in [-0.4, -0.2) is 15.3 Å². The quantitative estimate of drug-likeness (QED) is 0.599. The summed E-state index contributed by atoms with van der Waals surface area (Å²) in [6, 6.07) is 19.3. The van der Waals surface area contributed by atoms with Crippen LogP contribution >= 0.6 is 0 Å². The molecule has 2 aromatic heterocycles. The molecule has 4 nitrogen and oxygen atoms in total. The van der Waals surface area contributed by atoms with Crippen LogP contribution in [0.15, 0.2) is 79.1 Å². The van der Waals surface area contributed by atoms with Crippen LogP contribution in [0.3, 0.4) is 0 Å². The Balaban J connectivity index is 1.59. The molecule has 5 heteroatoms. The van der Waals surface area contributed by atoms with E-state index in [1.165, 1.54) is 12.1 Å². The fourth-order valence-corrected chi connectivity index (χ4v) is 2.86. The van der Waals surface area contributed by atoms with Crippen LogP contribution in [-0.2, 0) is 11.2 Å². The first-order valence-corrected chi connectivity index (χ1v) is 8.26. The highest BCUT2D eigenvalue weighted by Crippen LogP contribution is 2.27. The lowest BCUT2D eigenvalue weighted by Crippen LogP contribution is -2.15. The standard InChI is InChI=1S/C21H16FN3O/c22-16-10-8-15(9-11-16)13-21(26)24-18-6-2-1-5-17(18)19-14-25-12-4-3-7-20(25)23-19/h1-12,14H,13H2,(H,24,26). The summed E-state index contributed by atoms with van der Waals surface area (Å²) in [5, 5.41) is 2.93. The zero-order valence-corrected chi connectivity index (χ0v) is 13.9. The summed E-state index contributed by atoms with van der Waals surface area (Å²) in [5.74, 6) is -0.473.